The Kier molecular flexibility index (Phi) is 18.4. The number of benzene rings is 3. The summed E-state index contributed by atoms with van der Waals surface area (Å²) in [7, 11) is 3.88. The average Bonchev–Trinajstić information content (AvgIpc) is 4.06. The molecule has 19 nitrogen and oxygen atoms in total. The van der Waals surface area contributed by atoms with Gasteiger partial charge in [0.25, 0.3) is 0 Å². The number of alkyl carbamates (subject to hydrolysis) is 1. The monoisotopic (exact) mass is 970 g/mol. The lowest BCUT2D eigenvalue weighted by Crippen LogP contribution is -2.53. The number of carboxylic acids is 1. The molecule has 4 atom stereocenters. The molecule has 2 heterocycles. The first kappa shape index (κ1) is 51.0. The molecule has 0 saturated carbocycles. The third-order valence-electron chi connectivity index (χ3n) is 11.3. The maximum Gasteiger partial charge on any atom is 0.407 e. The van der Waals surface area contributed by atoms with Crippen molar-refractivity contribution in [3.8, 4) is 11.1 Å². The smallest absolute Gasteiger partial charge is 0.407 e. The van der Waals surface area contributed by atoms with Crippen LogP contribution in [0.25, 0.3) is 21.3 Å². The van der Waals surface area contributed by atoms with Gasteiger partial charge in [0.15, 0.2) is 6.04 Å². The Labute approximate surface area is 402 Å². The number of hydrogen-bond acceptors (Lipinski definition) is 14. The molecule has 9 N–H and O–H groups in total. The number of unbranched alkanes of at least 4 members (excludes halogenated alkanes) is 2. The van der Waals surface area contributed by atoms with Crippen molar-refractivity contribution in [2.24, 2.45) is 10.7 Å². The highest BCUT2D eigenvalue weighted by molar-refractivity contribution is 8.15. The number of hydrogen-bond donors (Lipinski definition) is 8. The molecule has 0 spiro atoms. The van der Waals surface area contributed by atoms with Gasteiger partial charge in [0.05, 0.1) is 23.3 Å². The second-order valence-electron chi connectivity index (χ2n) is 16.7. The van der Waals surface area contributed by atoms with Crippen LogP contribution in [0.4, 0.5) is 10.5 Å². The second kappa shape index (κ2) is 24.6. The predicted molar refractivity (Wildman–Crippen MR) is 262 cm³/mol. The molecule has 6 amide bonds. The Morgan fingerprint density at radius 3 is 2.13 bits per heavy atom. The van der Waals surface area contributed by atoms with Gasteiger partial charge < -0.3 is 52.4 Å². The van der Waals surface area contributed by atoms with Gasteiger partial charge in [-0.15, -0.1) is 23.1 Å². The number of nitrogens with one attached hydrogen (secondary N) is 6. The quantitative estimate of drug-likeness (QED) is 0.0470. The SMILES string of the molecule is C[C@H](NC(=O)CNC(=O)CNC(=O)[C@H](CCCCN(C)C)NC(=O)OCC1c2ccccc2-c2ccccc21)C(=O)N[C@@H](CCCCN)C(=O)Nc1ccc2nc(C3=N[C@@H](C(=O)O)CS3)sc2c1. The number of aliphatic carboxylic acids is 1. The van der Waals surface area contributed by atoms with Crippen molar-refractivity contribution in [2.45, 2.75) is 75.5 Å². The fourth-order valence-electron chi connectivity index (χ4n) is 7.72. The first-order valence-electron chi connectivity index (χ1n) is 22.5. The molecule has 0 radical (unpaired) electrons. The predicted octanol–water partition coefficient (Wildman–Crippen LogP) is 3.17. The van der Waals surface area contributed by atoms with E-state index in [9.17, 15) is 38.7 Å². The van der Waals surface area contributed by atoms with Gasteiger partial charge in [0.2, 0.25) is 29.5 Å². The van der Waals surface area contributed by atoms with Gasteiger partial charge in [-0.05, 0) is 113 Å². The van der Waals surface area contributed by atoms with Crippen molar-refractivity contribution >= 4 is 85.6 Å². The van der Waals surface area contributed by atoms with Gasteiger partial charge in [-0.3, -0.25) is 29.0 Å². The normalized spacial score (nSPS) is 15.3. The van der Waals surface area contributed by atoms with Crippen LogP contribution in [0, 0.1) is 0 Å². The van der Waals surface area contributed by atoms with Crippen molar-refractivity contribution in [3.63, 3.8) is 0 Å². The zero-order valence-corrected chi connectivity index (χ0v) is 39.8. The van der Waals surface area contributed by atoms with E-state index in [-0.39, 0.29) is 18.9 Å². The van der Waals surface area contributed by atoms with Gasteiger partial charge in [0, 0.05) is 17.4 Å². The maximum atomic E-state index is 13.5. The van der Waals surface area contributed by atoms with Crippen LogP contribution in [0.2, 0.25) is 0 Å². The highest BCUT2D eigenvalue weighted by Gasteiger charge is 2.31. The van der Waals surface area contributed by atoms with E-state index < -0.39 is 78.9 Å². The molecular formula is C47H58N10O9S2. The van der Waals surface area contributed by atoms with Gasteiger partial charge >= 0.3 is 12.1 Å². The Balaban J connectivity index is 0.956. The number of carbonyl (C=O) groups is 7. The standard InChI is InChI=1S/C47H58N10O9S2/c1-27(41(60)53-36(16-8-10-20-48)43(62)52-28-18-19-34-38(22-28)68-45(54-34)44-55-37(26-67-44)46(63)64)51-40(59)24-49-39(58)23-50-42(61)35(17-9-11-21-57(2)3)56-47(65)66-25-33-31-14-6-4-12-29(31)30-13-5-7-15-32(30)33/h4-7,12-15,18-19,22,27,33,35-37H,8-11,16-17,20-21,23-26,48H2,1-3H3,(H,49,58)(H,50,61)(H,51,59)(H,52,62)(H,53,60)(H,56,65)(H,63,64)/t27-,35-,36-,37+/m0/s1. The fraction of sp³-hybridized carbons (Fsp3) is 0.426. The molecule has 2 aliphatic rings. The Morgan fingerprint density at radius 2 is 1.47 bits per heavy atom. The van der Waals surface area contributed by atoms with Crippen LogP contribution in [0.15, 0.2) is 71.7 Å². The summed E-state index contributed by atoms with van der Waals surface area (Å²) in [6.07, 6.45) is 2.32. The molecule has 4 aromatic rings. The number of amides is 6. The Bertz CT molecular complexity index is 2470. The largest absolute Gasteiger partial charge is 0.480 e. The maximum absolute atomic E-state index is 13.5. The molecule has 6 rings (SSSR count). The molecule has 362 valence electrons. The van der Waals surface area contributed by atoms with Crippen LogP contribution in [0.3, 0.4) is 0 Å². The first-order valence-corrected chi connectivity index (χ1v) is 24.3. The van der Waals surface area contributed by atoms with Gasteiger partial charge in [-0.2, -0.15) is 0 Å². The molecule has 0 unspecified atom stereocenters. The summed E-state index contributed by atoms with van der Waals surface area (Å²) >= 11 is 2.64. The highest BCUT2D eigenvalue weighted by atomic mass is 32.2. The van der Waals surface area contributed by atoms with Crippen LogP contribution in [-0.2, 0) is 33.5 Å². The zero-order chi connectivity index (χ0) is 48.7. The summed E-state index contributed by atoms with van der Waals surface area (Å²) in [6, 6.07) is 17.2. The van der Waals surface area contributed by atoms with Crippen LogP contribution >= 0.6 is 23.1 Å². The number of ether oxygens (including phenoxy) is 1. The summed E-state index contributed by atoms with van der Waals surface area (Å²) in [5.41, 5.74) is 11.1. The van der Waals surface area contributed by atoms with Gasteiger partial charge in [-0.1, -0.05) is 48.5 Å². The molecule has 1 aromatic heterocycles. The number of aromatic nitrogens is 1. The first-order chi connectivity index (χ1) is 32.7. The van der Waals surface area contributed by atoms with Crippen molar-refractivity contribution in [2.75, 3.05) is 58.0 Å². The summed E-state index contributed by atoms with van der Waals surface area (Å²) in [6.45, 7) is 1.68. The van der Waals surface area contributed by atoms with E-state index in [1.165, 1.54) is 30.0 Å². The summed E-state index contributed by atoms with van der Waals surface area (Å²) < 4.78 is 6.43. The molecule has 0 fully saturated rings. The van der Waals surface area contributed by atoms with Crippen LogP contribution in [-0.4, -0.2) is 138 Å². The summed E-state index contributed by atoms with van der Waals surface area (Å²) in [5, 5.41) is 26.1. The number of anilines is 1. The minimum atomic E-state index is -1.09. The minimum absolute atomic E-state index is 0.0648. The Morgan fingerprint density at radius 1 is 0.809 bits per heavy atom. The number of nitrogens with two attached hydrogens (primary N) is 1. The van der Waals surface area contributed by atoms with Gasteiger partial charge in [-0.25, -0.2) is 14.6 Å². The van der Waals surface area contributed by atoms with Crippen LogP contribution < -0.4 is 37.6 Å². The number of rotatable bonds is 24. The molecule has 21 heteroatoms. The van der Waals surface area contributed by atoms with Crippen molar-refractivity contribution in [1.82, 2.24) is 36.5 Å². The summed E-state index contributed by atoms with van der Waals surface area (Å²) in [5.74, 6) is -3.93. The lowest BCUT2D eigenvalue weighted by molar-refractivity contribution is -0.137. The number of aliphatic imine (C=N–C) groups is 1. The fourth-order valence-corrected chi connectivity index (χ4v) is 9.82. The average molecular weight is 971 g/mol. The summed E-state index contributed by atoms with van der Waals surface area (Å²) in [4.78, 5) is 101. The third kappa shape index (κ3) is 14.1. The van der Waals surface area contributed by atoms with Crippen molar-refractivity contribution in [1.29, 1.82) is 0 Å². The molecule has 0 saturated heterocycles. The van der Waals surface area contributed by atoms with Crippen LogP contribution in [0.1, 0.15) is 67.5 Å². The highest BCUT2D eigenvalue weighted by Crippen LogP contribution is 2.44. The van der Waals surface area contributed by atoms with E-state index in [2.05, 4.69) is 41.9 Å². The van der Waals surface area contributed by atoms with Crippen molar-refractivity contribution in [3.05, 3.63) is 82.9 Å². The topological polar surface area (TPSA) is 276 Å². The van der Waals surface area contributed by atoms with E-state index in [0.717, 1.165) is 39.9 Å². The molecule has 3 aromatic carbocycles. The lowest BCUT2D eigenvalue weighted by atomic mass is 9.98. The van der Waals surface area contributed by atoms with E-state index in [1.54, 1.807) is 18.2 Å². The second-order valence-corrected chi connectivity index (χ2v) is 18.8. The number of carbonyl (C=O) groups excluding carboxylic acids is 6. The third-order valence-corrected chi connectivity index (χ3v) is 13.5. The molecular weight excluding hydrogens is 913 g/mol. The molecule has 0 bridgehead atoms. The van der Waals surface area contributed by atoms with Crippen molar-refractivity contribution < 1.29 is 43.4 Å². The van der Waals surface area contributed by atoms with Crippen LogP contribution in [0.5, 0.6) is 0 Å². The number of thioether (sulfide) groups is 1. The molecule has 1 aliphatic heterocycles. The number of thiazole rings is 1. The lowest BCUT2D eigenvalue weighted by Gasteiger charge is -2.21. The number of carboxylic acid groups (broad SMARTS) is 1. The van der Waals surface area contributed by atoms with E-state index in [4.69, 9.17) is 10.5 Å². The molecule has 1 aliphatic carbocycles. The van der Waals surface area contributed by atoms with E-state index >= 15 is 0 Å². The number of fused-ring (bicyclic) bond motifs is 4. The molecule has 68 heavy (non-hydrogen) atoms. The van der Waals surface area contributed by atoms with E-state index in [0.29, 0.717) is 59.2 Å². The van der Waals surface area contributed by atoms with Gasteiger partial charge in [0.1, 0.15) is 34.8 Å². The number of nitrogens with zero attached hydrogens (tertiary/aromatic N) is 3. The Hall–Kier alpha value is -6.42. The van der Waals surface area contributed by atoms with E-state index in [1.807, 2.05) is 67.5 Å². The minimum Gasteiger partial charge on any atom is -0.480 e. The zero-order valence-electron chi connectivity index (χ0n) is 38.2.